The number of anilines is 2. The minimum absolute atomic E-state index is 0.0892. The van der Waals surface area contributed by atoms with Crippen molar-refractivity contribution in [3.05, 3.63) is 12.4 Å². The summed E-state index contributed by atoms with van der Waals surface area (Å²) in [6, 6.07) is 1.70. The third-order valence-electron chi connectivity index (χ3n) is 1.63. The molecule has 0 saturated carbocycles. The second kappa shape index (κ2) is 4.58. The number of likely N-dealkylation sites (N-methyl/N-ethyl adjacent to an activating group) is 1. The Kier molecular flexibility index (Phi) is 3.41. The molecule has 0 aliphatic carbocycles. The Morgan fingerprint density at radius 3 is 3.00 bits per heavy atom. The molecule has 0 aliphatic heterocycles. The van der Waals surface area contributed by atoms with Gasteiger partial charge in [0.2, 0.25) is 0 Å². The number of aliphatic hydroxyl groups excluding tert-OH is 1. The van der Waals surface area contributed by atoms with E-state index in [-0.39, 0.29) is 6.61 Å². The van der Waals surface area contributed by atoms with Crippen molar-refractivity contribution in [2.24, 2.45) is 5.84 Å². The summed E-state index contributed by atoms with van der Waals surface area (Å²) in [4.78, 5) is 9.69. The Morgan fingerprint density at radius 1 is 1.62 bits per heavy atom. The number of nitrogens with two attached hydrogens (primary N) is 1. The van der Waals surface area contributed by atoms with Crippen molar-refractivity contribution in [3.63, 3.8) is 0 Å². The fraction of sp³-hybridized carbons (Fsp3) is 0.429. The van der Waals surface area contributed by atoms with E-state index in [1.54, 1.807) is 6.07 Å². The van der Waals surface area contributed by atoms with Gasteiger partial charge in [-0.05, 0) is 0 Å². The minimum atomic E-state index is 0.0892. The molecule has 72 valence electrons. The number of nitrogens with zero attached hydrogens (tertiary/aromatic N) is 3. The first-order chi connectivity index (χ1) is 6.27. The maximum atomic E-state index is 8.70. The van der Waals surface area contributed by atoms with Crippen molar-refractivity contribution >= 4 is 11.6 Å². The van der Waals surface area contributed by atoms with Crippen LogP contribution in [-0.2, 0) is 0 Å². The second-order valence-corrected chi connectivity index (χ2v) is 2.55. The van der Waals surface area contributed by atoms with E-state index in [0.29, 0.717) is 12.4 Å². The summed E-state index contributed by atoms with van der Waals surface area (Å²) in [6.07, 6.45) is 1.42. The van der Waals surface area contributed by atoms with Crippen LogP contribution < -0.4 is 16.2 Å². The molecule has 13 heavy (non-hydrogen) atoms. The first-order valence-electron chi connectivity index (χ1n) is 3.88. The molecular weight excluding hydrogens is 170 g/mol. The van der Waals surface area contributed by atoms with Crippen molar-refractivity contribution in [3.8, 4) is 0 Å². The topological polar surface area (TPSA) is 87.3 Å². The number of nitrogen functional groups attached to an aromatic ring is 1. The van der Waals surface area contributed by atoms with Gasteiger partial charge >= 0.3 is 0 Å². The van der Waals surface area contributed by atoms with E-state index in [9.17, 15) is 0 Å². The number of hydrogen-bond acceptors (Lipinski definition) is 6. The molecular formula is C7H13N5O. The molecule has 1 aromatic heterocycles. The zero-order chi connectivity index (χ0) is 9.68. The van der Waals surface area contributed by atoms with Crippen molar-refractivity contribution in [1.29, 1.82) is 0 Å². The summed E-state index contributed by atoms with van der Waals surface area (Å²) in [5.41, 5.74) is 2.42. The number of nitrogens with one attached hydrogen (secondary N) is 1. The molecule has 0 atom stereocenters. The average molecular weight is 183 g/mol. The van der Waals surface area contributed by atoms with Gasteiger partial charge in [-0.3, -0.25) is 0 Å². The third-order valence-corrected chi connectivity index (χ3v) is 1.63. The smallest absolute Gasteiger partial charge is 0.145 e. The SMILES string of the molecule is CN(CCO)c1cc(NN)ncn1. The lowest BCUT2D eigenvalue weighted by Crippen LogP contribution is -2.22. The number of aliphatic hydroxyl groups is 1. The van der Waals surface area contributed by atoms with Crippen LogP contribution in [0.2, 0.25) is 0 Å². The summed E-state index contributed by atoms with van der Waals surface area (Å²) in [6.45, 7) is 0.618. The van der Waals surface area contributed by atoms with Crippen LogP contribution in [0.5, 0.6) is 0 Å². The first kappa shape index (κ1) is 9.69. The summed E-state index contributed by atoms with van der Waals surface area (Å²) < 4.78 is 0. The summed E-state index contributed by atoms with van der Waals surface area (Å²) in [5, 5.41) is 8.70. The maximum absolute atomic E-state index is 8.70. The predicted molar refractivity (Wildman–Crippen MR) is 50.2 cm³/mol. The number of hydrazine groups is 1. The lowest BCUT2D eigenvalue weighted by Gasteiger charge is -2.16. The van der Waals surface area contributed by atoms with E-state index < -0.39 is 0 Å². The molecule has 0 radical (unpaired) electrons. The highest BCUT2D eigenvalue weighted by Gasteiger charge is 2.02. The normalized spacial score (nSPS) is 9.77. The Hall–Kier alpha value is -1.40. The molecule has 6 heteroatoms. The second-order valence-electron chi connectivity index (χ2n) is 2.55. The summed E-state index contributed by atoms with van der Waals surface area (Å²) in [7, 11) is 1.83. The highest BCUT2D eigenvalue weighted by atomic mass is 16.3. The molecule has 0 aliphatic rings. The lowest BCUT2D eigenvalue weighted by atomic mass is 10.4. The Bertz CT molecular complexity index is 267. The number of hydrogen-bond donors (Lipinski definition) is 3. The Balaban J connectivity index is 2.75. The van der Waals surface area contributed by atoms with Crippen molar-refractivity contribution in [2.75, 3.05) is 30.5 Å². The molecule has 6 nitrogen and oxygen atoms in total. The molecule has 0 aromatic carbocycles. The Morgan fingerprint density at radius 2 is 2.38 bits per heavy atom. The highest BCUT2D eigenvalue weighted by molar-refractivity contribution is 5.47. The van der Waals surface area contributed by atoms with E-state index in [4.69, 9.17) is 10.9 Å². The molecule has 4 N–H and O–H groups in total. The van der Waals surface area contributed by atoms with Crippen LogP contribution in [0.1, 0.15) is 0 Å². The highest BCUT2D eigenvalue weighted by Crippen LogP contribution is 2.10. The molecule has 1 rings (SSSR count). The molecule has 0 saturated heterocycles. The van der Waals surface area contributed by atoms with Crippen molar-refractivity contribution < 1.29 is 5.11 Å². The molecule has 0 bridgehead atoms. The molecule has 0 fully saturated rings. The molecule has 0 unspecified atom stereocenters. The summed E-state index contributed by atoms with van der Waals surface area (Å²) >= 11 is 0. The first-order valence-corrected chi connectivity index (χ1v) is 3.88. The van der Waals surface area contributed by atoms with Gasteiger partial charge in [-0.15, -0.1) is 0 Å². The molecule has 0 amide bonds. The maximum Gasteiger partial charge on any atom is 0.145 e. The van der Waals surface area contributed by atoms with Crippen molar-refractivity contribution in [1.82, 2.24) is 9.97 Å². The summed E-state index contributed by atoms with van der Waals surface area (Å²) in [5.74, 6) is 6.45. The van der Waals surface area contributed by atoms with Gasteiger partial charge in [0.25, 0.3) is 0 Å². The van der Waals surface area contributed by atoms with Gasteiger partial charge in [0.05, 0.1) is 6.61 Å². The van der Waals surface area contributed by atoms with Crippen LogP contribution in [0.15, 0.2) is 12.4 Å². The van der Waals surface area contributed by atoms with Crippen LogP contribution >= 0.6 is 0 Å². The van der Waals surface area contributed by atoms with E-state index >= 15 is 0 Å². The molecule has 1 heterocycles. The van der Waals surface area contributed by atoms with Gasteiger partial charge in [-0.1, -0.05) is 0 Å². The predicted octanol–water partition coefficient (Wildman–Crippen LogP) is -0.809. The van der Waals surface area contributed by atoms with Crippen LogP contribution in [0.4, 0.5) is 11.6 Å². The Labute approximate surface area is 76.4 Å². The lowest BCUT2D eigenvalue weighted by molar-refractivity contribution is 0.304. The number of aromatic nitrogens is 2. The third kappa shape index (κ3) is 2.53. The largest absolute Gasteiger partial charge is 0.395 e. The van der Waals surface area contributed by atoms with Gasteiger partial charge in [-0.25, -0.2) is 15.8 Å². The monoisotopic (exact) mass is 183 g/mol. The fourth-order valence-electron chi connectivity index (χ4n) is 0.899. The molecule has 1 aromatic rings. The quantitative estimate of drug-likeness (QED) is 0.418. The van der Waals surface area contributed by atoms with Crippen LogP contribution in [0.3, 0.4) is 0 Å². The van der Waals surface area contributed by atoms with E-state index in [1.165, 1.54) is 6.33 Å². The zero-order valence-corrected chi connectivity index (χ0v) is 7.44. The van der Waals surface area contributed by atoms with Gasteiger partial charge < -0.3 is 15.4 Å². The standard InChI is InChI=1S/C7H13N5O/c1-12(2-3-13)7-4-6(11-8)9-5-10-7/h4-5,13H,2-3,8H2,1H3,(H,9,10,11). The minimum Gasteiger partial charge on any atom is -0.395 e. The van der Waals surface area contributed by atoms with E-state index in [1.807, 2.05) is 11.9 Å². The van der Waals surface area contributed by atoms with E-state index in [0.717, 1.165) is 5.82 Å². The fourth-order valence-corrected chi connectivity index (χ4v) is 0.899. The van der Waals surface area contributed by atoms with Crippen molar-refractivity contribution in [2.45, 2.75) is 0 Å². The van der Waals surface area contributed by atoms with Crippen LogP contribution in [-0.4, -0.2) is 35.3 Å². The van der Waals surface area contributed by atoms with Crippen LogP contribution in [0.25, 0.3) is 0 Å². The van der Waals surface area contributed by atoms with E-state index in [2.05, 4.69) is 15.4 Å². The zero-order valence-electron chi connectivity index (χ0n) is 7.44. The average Bonchev–Trinajstić information content (AvgIpc) is 2.18. The van der Waals surface area contributed by atoms with Gasteiger partial charge in [0.1, 0.15) is 18.0 Å². The van der Waals surface area contributed by atoms with Gasteiger partial charge in [-0.2, -0.15) is 0 Å². The number of rotatable bonds is 4. The van der Waals surface area contributed by atoms with Gasteiger partial charge in [0.15, 0.2) is 0 Å². The van der Waals surface area contributed by atoms with Gasteiger partial charge in [0, 0.05) is 19.7 Å². The van der Waals surface area contributed by atoms with Crippen LogP contribution in [0, 0.1) is 0 Å². The molecule has 0 spiro atoms.